The van der Waals surface area contributed by atoms with Gasteiger partial charge in [0.1, 0.15) is 0 Å². The molecule has 0 spiro atoms. The van der Waals surface area contributed by atoms with E-state index in [1.54, 1.807) is 0 Å². The van der Waals surface area contributed by atoms with Gasteiger partial charge >= 0.3 is 0 Å². The monoisotopic (exact) mass is 619 g/mol. The maximum absolute atomic E-state index is 13.6. The molecule has 3 atom stereocenters. The van der Waals surface area contributed by atoms with Crippen LogP contribution in [0.3, 0.4) is 0 Å². The molecule has 0 radical (unpaired) electrons. The number of allylic oxidation sites excluding steroid dienone is 1. The minimum Gasteiger partial charge on any atom is -0.399 e. The number of rotatable bonds is 14. The molecule has 0 bridgehead atoms. The predicted octanol–water partition coefficient (Wildman–Crippen LogP) is 9.98. The van der Waals surface area contributed by atoms with Gasteiger partial charge in [-0.15, -0.1) is 6.58 Å². The Hall–Kier alpha value is -2.18. The van der Waals surface area contributed by atoms with Gasteiger partial charge in [-0.1, -0.05) is 112 Å². The molecule has 0 saturated carbocycles. The summed E-state index contributed by atoms with van der Waals surface area (Å²) in [6.07, 6.45) is 11.2. The third-order valence-corrected chi connectivity index (χ3v) is 8.47. The van der Waals surface area contributed by atoms with Gasteiger partial charge in [-0.05, 0) is 36.5 Å². The Kier molecular flexibility index (Phi) is 22.1. The lowest BCUT2D eigenvalue weighted by Crippen LogP contribution is -2.46. The number of hydrogen-bond acceptors (Lipinski definition) is 4. The first-order valence-electron chi connectivity index (χ1n) is 17.5. The molecule has 2 aliphatic heterocycles. The van der Waals surface area contributed by atoms with Gasteiger partial charge in [-0.2, -0.15) is 0 Å². The van der Waals surface area contributed by atoms with Crippen molar-refractivity contribution >= 4 is 11.4 Å². The average molecular weight is 619 g/mol. The number of nitrogens with two attached hydrogens (primary N) is 1. The average Bonchev–Trinajstić information content (AvgIpc) is 3.35. The molecule has 1 fully saturated rings. The fraction of sp³-hybridized carbons (Fsp3) is 0.684. The minimum atomic E-state index is -2.50. The number of benzene rings is 1. The van der Waals surface area contributed by atoms with Gasteiger partial charge in [0, 0.05) is 82.0 Å². The Morgan fingerprint density at radius 3 is 2.14 bits per heavy atom. The Labute approximate surface area is 271 Å². The van der Waals surface area contributed by atoms with E-state index < -0.39 is 5.92 Å². The molecule has 2 N–H and O–H groups in total. The Balaban J connectivity index is 0.00000210. The van der Waals surface area contributed by atoms with E-state index in [1.807, 2.05) is 34.6 Å². The molecule has 2 heterocycles. The number of piperidine rings is 1. The lowest BCUT2D eigenvalue weighted by atomic mass is 9.84. The highest BCUT2D eigenvalue weighted by molar-refractivity contribution is 5.71. The maximum Gasteiger partial charge on any atom is 0.250 e. The summed E-state index contributed by atoms with van der Waals surface area (Å²) >= 11 is 0. The highest BCUT2D eigenvalue weighted by Gasteiger charge is 2.40. The van der Waals surface area contributed by atoms with E-state index in [-0.39, 0.29) is 12.8 Å². The SMILES string of the molecule is C=CC(C)C1C(CCC)c2ccc(C(=C)N)cc2N1CCN(C/C=C\C)CCN1CCC(F)(F)CC1.CC.CC.CCCC. The summed E-state index contributed by atoms with van der Waals surface area (Å²) in [6.45, 7) is 32.3. The van der Waals surface area contributed by atoms with Crippen LogP contribution in [0.5, 0.6) is 0 Å². The number of alkyl halides is 2. The number of halogens is 2. The zero-order chi connectivity index (χ0) is 33.7. The third kappa shape index (κ3) is 13.4. The standard InChI is InChI=1S/C30H46F2N4.C4H10.2C2H6/c1-6-9-15-34(18-19-35-16-13-30(31,32)14-17-35)20-21-36-28-22-25(24(5)33)11-12-26(28)27(10-7-2)29(36)23(4)8-3;1-3-4-2;2*1-2/h6,8-9,11-12,22-23,27,29H,3,5,7,10,13-21,33H2,1-2,4H3;3-4H2,1-2H3;2*1-2H3/b9-6-;;;. The molecule has 3 rings (SSSR count). The van der Waals surface area contributed by atoms with Gasteiger partial charge in [0.2, 0.25) is 0 Å². The van der Waals surface area contributed by atoms with Crippen LogP contribution in [0, 0.1) is 5.92 Å². The van der Waals surface area contributed by atoms with Crippen LogP contribution in [0.25, 0.3) is 5.70 Å². The molecule has 254 valence electrons. The van der Waals surface area contributed by atoms with Crippen LogP contribution in [0.1, 0.15) is 118 Å². The number of nitrogens with zero attached hydrogens (tertiary/aromatic N) is 3. The highest BCUT2D eigenvalue weighted by atomic mass is 19.3. The van der Waals surface area contributed by atoms with Gasteiger partial charge in [0.15, 0.2) is 0 Å². The predicted molar refractivity (Wildman–Crippen MR) is 193 cm³/mol. The van der Waals surface area contributed by atoms with Crippen molar-refractivity contribution < 1.29 is 8.78 Å². The molecule has 6 heteroatoms. The summed E-state index contributed by atoms with van der Waals surface area (Å²) in [7, 11) is 0. The van der Waals surface area contributed by atoms with Crippen LogP contribution < -0.4 is 10.6 Å². The van der Waals surface area contributed by atoms with Crippen molar-refractivity contribution in [1.29, 1.82) is 0 Å². The highest BCUT2D eigenvalue weighted by Crippen LogP contribution is 2.46. The summed E-state index contributed by atoms with van der Waals surface area (Å²) in [6, 6.07) is 6.91. The molecule has 1 aromatic rings. The van der Waals surface area contributed by atoms with Crippen LogP contribution >= 0.6 is 0 Å². The van der Waals surface area contributed by atoms with Crippen LogP contribution in [-0.2, 0) is 0 Å². The zero-order valence-electron chi connectivity index (χ0n) is 30.0. The first-order valence-corrected chi connectivity index (χ1v) is 17.5. The first kappa shape index (κ1) is 41.8. The van der Waals surface area contributed by atoms with E-state index in [0.717, 1.165) is 51.1 Å². The van der Waals surface area contributed by atoms with Crippen molar-refractivity contribution in [3.05, 3.63) is 60.7 Å². The van der Waals surface area contributed by atoms with Crippen molar-refractivity contribution in [2.45, 2.75) is 119 Å². The van der Waals surface area contributed by atoms with Crippen molar-refractivity contribution in [3.63, 3.8) is 0 Å². The van der Waals surface area contributed by atoms with Crippen LogP contribution in [0.4, 0.5) is 14.5 Å². The number of unbranched alkanes of at least 4 members (excludes halogenated alkanes) is 1. The molecule has 0 aromatic heterocycles. The molecule has 0 amide bonds. The van der Waals surface area contributed by atoms with Crippen LogP contribution in [0.2, 0.25) is 0 Å². The maximum atomic E-state index is 13.6. The molecule has 3 unspecified atom stereocenters. The van der Waals surface area contributed by atoms with Gasteiger partial charge in [-0.3, -0.25) is 4.90 Å². The van der Waals surface area contributed by atoms with Crippen LogP contribution in [0.15, 0.2) is 49.6 Å². The van der Waals surface area contributed by atoms with Gasteiger partial charge < -0.3 is 15.5 Å². The second kappa shape index (κ2) is 23.2. The van der Waals surface area contributed by atoms with E-state index in [1.165, 1.54) is 24.1 Å². The third-order valence-electron chi connectivity index (χ3n) is 8.47. The number of hydrogen-bond donors (Lipinski definition) is 1. The molecule has 1 aromatic carbocycles. The van der Waals surface area contributed by atoms with Gasteiger partial charge in [0.25, 0.3) is 5.92 Å². The quantitative estimate of drug-likeness (QED) is 0.211. The molecular weight excluding hydrogens is 550 g/mol. The van der Waals surface area contributed by atoms with Gasteiger partial charge in [0.05, 0.1) is 0 Å². The lowest BCUT2D eigenvalue weighted by Gasteiger charge is -2.36. The van der Waals surface area contributed by atoms with Crippen molar-refractivity contribution in [3.8, 4) is 0 Å². The fourth-order valence-corrected chi connectivity index (χ4v) is 5.75. The molecule has 4 nitrogen and oxygen atoms in total. The normalized spacial score (nSPS) is 19.6. The minimum absolute atomic E-state index is 0.0267. The van der Waals surface area contributed by atoms with E-state index in [4.69, 9.17) is 5.73 Å². The number of anilines is 1. The van der Waals surface area contributed by atoms with E-state index in [2.05, 4.69) is 92.0 Å². The molecule has 44 heavy (non-hydrogen) atoms. The Morgan fingerprint density at radius 2 is 1.64 bits per heavy atom. The summed E-state index contributed by atoms with van der Waals surface area (Å²) in [5.41, 5.74) is 10.3. The summed E-state index contributed by atoms with van der Waals surface area (Å²) < 4.78 is 27.2. The summed E-state index contributed by atoms with van der Waals surface area (Å²) in [4.78, 5) is 7.20. The second-order valence-electron chi connectivity index (χ2n) is 11.5. The lowest BCUT2D eigenvalue weighted by molar-refractivity contribution is -0.0558. The van der Waals surface area contributed by atoms with E-state index in [0.29, 0.717) is 36.7 Å². The number of likely N-dealkylation sites (tertiary alicyclic amines) is 1. The smallest absolute Gasteiger partial charge is 0.250 e. The second-order valence-corrected chi connectivity index (χ2v) is 11.5. The Morgan fingerprint density at radius 1 is 1.05 bits per heavy atom. The van der Waals surface area contributed by atoms with Gasteiger partial charge in [-0.25, -0.2) is 8.78 Å². The topological polar surface area (TPSA) is 35.7 Å². The number of fused-ring (bicyclic) bond motifs is 1. The summed E-state index contributed by atoms with van der Waals surface area (Å²) in [5.74, 6) is -1.70. The van der Waals surface area contributed by atoms with E-state index in [9.17, 15) is 8.78 Å². The fourth-order valence-electron chi connectivity index (χ4n) is 5.75. The Bertz CT molecular complexity index is 933. The largest absolute Gasteiger partial charge is 0.399 e. The van der Waals surface area contributed by atoms with Crippen LogP contribution in [-0.4, -0.2) is 67.6 Å². The van der Waals surface area contributed by atoms with Crippen molar-refractivity contribution in [2.75, 3.05) is 50.7 Å². The van der Waals surface area contributed by atoms with Crippen molar-refractivity contribution in [1.82, 2.24) is 9.80 Å². The molecule has 0 aliphatic carbocycles. The molecule has 1 saturated heterocycles. The van der Waals surface area contributed by atoms with E-state index >= 15 is 0 Å². The zero-order valence-corrected chi connectivity index (χ0v) is 30.0. The molecular formula is C38H68F2N4. The molecule has 2 aliphatic rings. The van der Waals surface area contributed by atoms with Crippen molar-refractivity contribution in [2.24, 2.45) is 11.7 Å². The first-order chi connectivity index (χ1) is 21.1. The summed E-state index contributed by atoms with van der Waals surface area (Å²) in [5, 5.41) is 0.